The number of pyridine rings is 2. The minimum Gasteiger partial charge on any atom is -0.449 e. The SMILES string of the molecule is O=C(O)Oc1cc(CN2CCCNCC2)c2ccccn2c1=O. The van der Waals surface area contributed by atoms with E-state index in [-0.39, 0.29) is 5.75 Å². The van der Waals surface area contributed by atoms with Crippen LogP contribution < -0.4 is 15.6 Å². The molecule has 1 fully saturated rings. The molecule has 1 aliphatic rings. The second-order valence-corrected chi connectivity index (χ2v) is 5.54. The maximum atomic E-state index is 12.3. The van der Waals surface area contributed by atoms with Crippen LogP contribution in [-0.4, -0.2) is 46.7 Å². The van der Waals surface area contributed by atoms with E-state index in [9.17, 15) is 9.59 Å². The fraction of sp³-hybridized carbons (Fsp3) is 0.375. The van der Waals surface area contributed by atoms with Gasteiger partial charge in [-0.25, -0.2) is 4.79 Å². The van der Waals surface area contributed by atoms with Gasteiger partial charge in [-0.05, 0) is 43.3 Å². The van der Waals surface area contributed by atoms with E-state index < -0.39 is 11.7 Å². The Morgan fingerprint density at radius 1 is 1.30 bits per heavy atom. The zero-order valence-corrected chi connectivity index (χ0v) is 12.7. The lowest BCUT2D eigenvalue weighted by molar-refractivity contribution is 0.143. The minimum atomic E-state index is -1.48. The lowest BCUT2D eigenvalue weighted by Crippen LogP contribution is -2.29. The average molecular weight is 317 g/mol. The Bertz CT molecular complexity index is 763. The summed E-state index contributed by atoms with van der Waals surface area (Å²) in [5, 5.41) is 12.2. The van der Waals surface area contributed by atoms with Gasteiger partial charge in [0.05, 0.1) is 5.52 Å². The second-order valence-electron chi connectivity index (χ2n) is 5.54. The summed E-state index contributed by atoms with van der Waals surface area (Å²) in [5.41, 5.74) is 1.18. The molecule has 1 aliphatic heterocycles. The monoisotopic (exact) mass is 317 g/mol. The molecule has 0 radical (unpaired) electrons. The Morgan fingerprint density at radius 3 is 3.00 bits per heavy atom. The van der Waals surface area contributed by atoms with Crippen molar-refractivity contribution in [1.29, 1.82) is 0 Å². The first-order valence-corrected chi connectivity index (χ1v) is 7.62. The van der Waals surface area contributed by atoms with E-state index in [2.05, 4.69) is 15.0 Å². The number of aromatic nitrogens is 1. The molecule has 7 nitrogen and oxygen atoms in total. The van der Waals surface area contributed by atoms with Gasteiger partial charge in [0.25, 0.3) is 5.56 Å². The van der Waals surface area contributed by atoms with Crippen molar-refractivity contribution in [2.75, 3.05) is 26.2 Å². The quantitative estimate of drug-likeness (QED) is 0.826. The summed E-state index contributed by atoms with van der Waals surface area (Å²) in [6.45, 7) is 4.43. The van der Waals surface area contributed by atoms with Gasteiger partial charge < -0.3 is 15.2 Å². The van der Waals surface area contributed by atoms with Gasteiger partial charge >= 0.3 is 6.16 Å². The highest BCUT2D eigenvalue weighted by Crippen LogP contribution is 2.17. The number of fused-ring (bicyclic) bond motifs is 1. The van der Waals surface area contributed by atoms with Gasteiger partial charge in [0.1, 0.15) is 0 Å². The van der Waals surface area contributed by atoms with Gasteiger partial charge in [0, 0.05) is 25.8 Å². The summed E-state index contributed by atoms with van der Waals surface area (Å²) in [4.78, 5) is 25.4. The Morgan fingerprint density at radius 2 is 2.17 bits per heavy atom. The summed E-state index contributed by atoms with van der Waals surface area (Å²) < 4.78 is 6.09. The number of nitrogens with zero attached hydrogens (tertiary/aromatic N) is 2. The van der Waals surface area contributed by atoms with E-state index in [1.54, 1.807) is 18.3 Å². The van der Waals surface area contributed by atoms with E-state index in [0.29, 0.717) is 6.54 Å². The third-order valence-corrected chi connectivity index (χ3v) is 3.95. The molecule has 0 amide bonds. The van der Waals surface area contributed by atoms with Crippen LogP contribution in [0.5, 0.6) is 5.75 Å². The molecule has 3 rings (SSSR count). The van der Waals surface area contributed by atoms with Gasteiger partial charge in [0.15, 0.2) is 5.75 Å². The van der Waals surface area contributed by atoms with Crippen LogP contribution in [0.1, 0.15) is 12.0 Å². The highest BCUT2D eigenvalue weighted by molar-refractivity contribution is 5.63. The van der Waals surface area contributed by atoms with Crippen molar-refractivity contribution in [2.45, 2.75) is 13.0 Å². The van der Waals surface area contributed by atoms with Gasteiger partial charge in [-0.15, -0.1) is 0 Å². The molecule has 0 bridgehead atoms. The molecular weight excluding hydrogens is 298 g/mol. The molecule has 0 atom stereocenters. The molecule has 1 saturated heterocycles. The van der Waals surface area contributed by atoms with Crippen molar-refractivity contribution >= 4 is 11.7 Å². The molecule has 7 heteroatoms. The van der Waals surface area contributed by atoms with Crippen LogP contribution in [0.15, 0.2) is 35.3 Å². The van der Waals surface area contributed by atoms with Gasteiger partial charge in [-0.1, -0.05) is 6.07 Å². The van der Waals surface area contributed by atoms with Crippen LogP contribution in [-0.2, 0) is 6.54 Å². The minimum absolute atomic E-state index is 0.163. The van der Waals surface area contributed by atoms with Crippen molar-refractivity contribution in [1.82, 2.24) is 14.6 Å². The lowest BCUT2D eigenvalue weighted by Gasteiger charge is -2.20. The predicted octanol–water partition coefficient (Wildman–Crippen LogP) is 1.15. The third kappa shape index (κ3) is 3.52. The predicted molar refractivity (Wildman–Crippen MR) is 85.1 cm³/mol. The maximum absolute atomic E-state index is 12.3. The van der Waals surface area contributed by atoms with Crippen molar-refractivity contribution in [2.24, 2.45) is 0 Å². The molecule has 122 valence electrons. The second kappa shape index (κ2) is 6.80. The largest absolute Gasteiger partial charge is 0.511 e. The van der Waals surface area contributed by atoms with Crippen molar-refractivity contribution in [3.8, 4) is 5.75 Å². The van der Waals surface area contributed by atoms with Gasteiger partial charge in [-0.2, -0.15) is 0 Å². The van der Waals surface area contributed by atoms with Crippen LogP contribution in [0.2, 0.25) is 0 Å². The van der Waals surface area contributed by atoms with Crippen LogP contribution in [0.4, 0.5) is 4.79 Å². The Balaban J connectivity index is 2.01. The Labute approximate surface area is 133 Å². The number of rotatable bonds is 3. The maximum Gasteiger partial charge on any atom is 0.511 e. The molecule has 0 aromatic carbocycles. The summed E-state index contributed by atoms with van der Waals surface area (Å²) >= 11 is 0. The van der Waals surface area contributed by atoms with Crippen molar-refractivity contribution < 1.29 is 14.6 Å². The highest BCUT2D eigenvalue weighted by atomic mass is 16.7. The highest BCUT2D eigenvalue weighted by Gasteiger charge is 2.16. The van der Waals surface area contributed by atoms with Crippen molar-refractivity contribution in [3.05, 3.63) is 46.4 Å². The molecule has 3 heterocycles. The number of hydrogen-bond donors (Lipinski definition) is 2. The van der Waals surface area contributed by atoms with Crippen LogP contribution in [0.25, 0.3) is 5.52 Å². The summed E-state index contributed by atoms with van der Waals surface area (Å²) in [7, 11) is 0. The fourth-order valence-corrected chi connectivity index (χ4v) is 2.89. The van der Waals surface area contributed by atoms with E-state index in [1.165, 1.54) is 4.40 Å². The molecule has 0 aliphatic carbocycles. The zero-order chi connectivity index (χ0) is 16.2. The summed E-state index contributed by atoms with van der Waals surface area (Å²) in [6.07, 6.45) is 1.20. The average Bonchev–Trinajstić information content (AvgIpc) is 2.80. The number of carboxylic acid groups (broad SMARTS) is 1. The van der Waals surface area contributed by atoms with E-state index in [4.69, 9.17) is 5.11 Å². The number of ether oxygens (including phenoxy) is 1. The standard InChI is InChI=1S/C16H19N3O4/c20-15-14(23-16(21)22)10-12(13-4-1-2-8-19(13)15)11-18-7-3-5-17-6-9-18/h1-2,4,8,10,17H,3,5-7,9,11H2,(H,21,22). The normalized spacial score (nSPS) is 16.2. The smallest absolute Gasteiger partial charge is 0.449 e. The van der Waals surface area contributed by atoms with E-state index in [1.807, 2.05) is 12.1 Å². The Kier molecular flexibility index (Phi) is 4.59. The molecule has 0 saturated carbocycles. The first-order chi connectivity index (χ1) is 11.1. The first kappa shape index (κ1) is 15.5. The molecule has 2 aromatic heterocycles. The fourth-order valence-electron chi connectivity index (χ4n) is 2.89. The number of nitrogens with one attached hydrogen (secondary N) is 1. The molecule has 2 N–H and O–H groups in total. The Hall–Kier alpha value is -2.38. The van der Waals surface area contributed by atoms with Crippen LogP contribution in [0.3, 0.4) is 0 Å². The van der Waals surface area contributed by atoms with Gasteiger partial charge in [0.2, 0.25) is 0 Å². The van der Waals surface area contributed by atoms with E-state index >= 15 is 0 Å². The zero-order valence-electron chi connectivity index (χ0n) is 12.7. The number of carbonyl (C=O) groups is 1. The third-order valence-electron chi connectivity index (χ3n) is 3.95. The van der Waals surface area contributed by atoms with Gasteiger partial charge in [-0.3, -0.25) is 14.1 Å². The number of hydrogen-bond acceptors (Lipinski definition) is 5. The summed E-state index contributed by atoms with van der Waals surface area (Å²) in [6, 6.07) is 7.00. The van der Waals surface area contributed by atoms with Crippen molar-refractivity contribution in [3.63, 3.8) is 0 Å². The van der Waals surface area contributed by atoms with Crippen LogP contribution in [0, 0.1) is 0 Å². The topological polar surface area (TPSA) is 83.3 Å². The first-order valence-electron chi connectivity index (χ1n) is 7.62. The molecule has 23 heavy (non-hydrogen) atoms. The van der Waals surface area contributed by atoms with Crippen LogP contribution >= 0.6 is 0 Å². The van der Waals surface area contributed by atoms with E-state index in [0.717, 1.165) is 43.7 Å². The molecule has 0 spiro atoms. The molecule has 2 aromatic rings. The summed E-state index contributed by atoms with van der Waals surface area (Å²) in [5.74, 6) is -0.163. The lowest BCUT2D eigenvalue weighted by atomic mass is 10.1. The molecular formula is C16H19N3O4. The molecule has 0 unspecified atom stereocenters.